The third-order valence-corrected chi connectivity index (χ3v) is 2.75. The Bertz CT molecular complexity index is 387. The molecule has 0 amide bonds. The highest BCUT2D eigenvalue weighted by Gasteiger charge is 2.19. The molecule has 0 radical (unpaired) electrons. The summed E-state index contributed by atoms with van der Waals surface area (Å²) in [6, 6.07) is 5.43. The Labute approximate surface area is 106 Å². The molecule has 0 unspecified atom stereocenters. The first-order valence-corrected chi connectivity index (χ1v) is 5.85. The number of methoxy groups -OCH3 is 1. The fourth-order valence-corrected chi connectivity index (χ4v) is 1.62. The largest absolute Gasteiger partial charge is 0.496 e. The average molecular weight is 261 g/mol. The number of benzene rings is 1. The van der Waals surface area contributed by atoms with E-state index in [0.29, 0.717) is 17.2 Å². The lowest BCUT2D eigenvalue weighted by molar-refractivity contribution is 0.100. The second-order valence-electron chi connectivity index (χ2n) is 3.78. The van der Waals surface area contributed by atoms with Crippen molar-refractivity contribution < 1.29 is 9.53 Å². The monoisotopic (exact) mass is 260 g/mol. The Morgan fingerprint density at radius 3 is 2.38 bits per heavy atom. The van der Waals surface area contributed by atoms with Gasteiger partial charge in [-0.25, -0.2) is 0 Å². The van der Waals surface area contributed by atoms with E-state index in [4.69, 9.17) is 27.9 Å². The average Bonchev–Trinajstić information content (AvgIpc) is 2.26. The van der Waals surface area contributed by atoms with E-state index in [1.807, 2.05) is 12.1 Å². The van der Waals surface area contributed by atoms with Gasteiger partial charge in [-0.3, -0.25) is 4.79 Å². The number of ketones is 1. The number of rotatable bonds is 4. The van der Waals surface area contributed by atoms with Crippen LogP contribution in [0.15, 0.2) is 18.2 Å². The van der Waals surface area contributed by atoms with Gasteiger partial charge in [0.05, 0.1) is 12.7 Å². The van der Waals surface area contributed by atoms with Gasteiger partial charge in [-0.05, 0) is 23.6 Å². The van der Waals surface area contributed by atoms with Gasteiger partial charge in [0.2, 0.25) is 0 Å². The minimum atomic E-state index is -1.06. The molecule has 1 aromatic rings. The zero-order chi connectivity index (χ0) is 12.3. The van der Waals surface area contributed by atoms with Crippen LogP contribution in [0.25, 0.3) is 0 Å². The molecule has 0 saturated heterocycles. The van der Waals surface area contributed by atoms with Crippen LogP contribution in [0, 0.1) is 0 Å². The van der Waals surface area contributed by atoms with Crippen molar-refractivity contribution in [2.75, 3.05) is 7.11 Å². The van der Waals surface area contributed by atoms with Crippen LogP contribution in [0.1, 0.15) is 35.7 Å². The van der Waals surface area contributed by atoms with Crippen LogP contribution in [-0.4, -0.2) is 17.7 Å². The van der Waals surface area contributed by atoms with Gasteiger partial charge in [-0.15, -0.1) is 0 Å². The highest BCUT2D eigenvalue weighted by atomic mass is 35.5. The molecule has 0 aliphatic heterocycles. The standard InChI is InChI=1S/C12H14Cl2O2/c1-7(2)8-4-5-9(10(6-8)16-3)11(15)12(13)14/h4-7,12H,1-3H3. The van der Waals surface area contributed by atoms with Crippen molar-refractivity contribution in [1.82, 2.24) is 0 Å². The molecule has 0 saturated carbocycles. The smallest absolute Gasteiger partial charge is 0.199 e. The SMILES string of the molecule is COc1cc(C(C)C)ccc1C(=O)C(Cl)Cl. The predicted octanol–water partition coefficient (Wildman–Crippen LogP) is 3.81. The third-order valence-electron chi connectivity index (χ3n) is 2.36. The number of Topliss-reactive ketones (excluding diaryl/α,β-unsaturated/α-hetero) is 1. The summed E-state index contributed by atoms with van der Waals surface area (Å²) in [6.45, 7) is 4.14. The molecule has 0 aliphatic carbocycles. The normalized spacial score (nSPS) is 10.9. The summed E-state index contributed by atoms with van der Waals surface area (Å²) in [5.74, 6) is 0.554. The van der Waals surface area contributed by atoms with Crippen molar-refractivity contribution in [2.45, 2.75) is 24.6 Å². The molecule has 1 rings (SSSR count). The van der Waals surface area contributed by atoms with Crippen LogP contribution in [-0.2, 0) is 0 Å². The van der Waals surface area contributed by atoms with Gasteiger partial charge in [0.1, 0.15) is 5.75 Å². The number of carbonyl (C=O) groups excluding carboxylic acids is 1. The van der Waals surface area contributed by atoms with Gasteiger partial charge < -0.3 is 4.74 Å². The molecule has 4 heteroatoms. The first-order chi connectivity index (χ1) is 7.47. The predicted molar refractivity (Wildman–Crippen MR) is 66.9 cm³/mol. The van der Waals surface area contributed by atoms with E-state index in [1.54, 1.807) is 6.07 Å². The van der Waals surface area contributed by atoms with Crippen molar-refractivity contribution in [3.63, 3.8) is 0 Å². The Kier molecular flexibility index (Phi) is 4.63. The molecule has 0 fully saturated rings. The number of ether oxygens (including phenoxy) is 1. The van der Waals surface area contributed by atoms with E-state index < -0.39 is 4.84 Å². The first kappa shape index (κ1) is 13.3. The Morgan fingerprint density at radius 2 is 1.94 bits per heavy atom. The van der Waals surface area contributed by atoms with Crippen LogP contribution < -0.4 is 4.74 Å². The third kappa shape index (κ3) is 2.89. The van der Waals surface area contributed by atoms with E-state index in [2.05, 4.69) is 13.8 Å². The van der Waals surface area contributed by atoms with Crippen LogP contribution in [0.2, 0.25) is 0 Å². The molecule has 0 N–H and O–H groups in total. The lowest BCUT2D eigenvalue weighted by Crippen LogP contribution is -2.10. The maximum absolute atomic E-state index is 11.7. The van der Waals surface area contributed by atoms with Crippen molar-refractivity contribution in [1.29, 1.82) is 0 Å². The summed E-state index contributed by atoms with van der Waals surface area (Å²) in [5, 5.41) is 0. The number of alkyl halides is 2. The Hall–Kier alpha value is -0.730. The van der Waals surface area contributed by atoms with Crippen LogP contribution >= 0.6 is 23.2 Å². The second kappa shape index (κ2) is 5.55. The second-order valence-corrected chi connectivity index (χ2v) is 4.88. The summed E-state index contributed by atoms with van der Waals surface area (Å²) in [6.07, 6.45) is 0. The van der Waals surface area contributed by atoms with Crippen LogP contribution in [0.4, 0.5) is 0 Å². The molecule has 0 heterocycles. The molecule has 0 aliphatic rings. The maximum atomic E-state index is 11.7. The molecule has 0 spiro atoms. The van der Waals surface area contributed by atoms with Crippen molar-refractivity contribution >= 4 is 29.0 Å². The molecule has 0 bridgehead atoms. The number of halogens is 2. The first-order valence-electron chi connectivity index (χ1n) is 4.97. The van der Waals surface area contributed by atoms with E-state index in [1.165, 1.54) is 7.11 Å². The molecule has 1 aromatic carbocycles. The van der Waals surface area contributed by atoms with Gasteiger partial charge in [0.15, 0.2) is 10.6 Å². The number of hydrogen-bond acceptors (Lipinski definition) is 2. The van der Waals surface area contributed by atoms with Crippen LogP contribution in [0.3, 0.4) is 0 Å². The lowest BCUT2D eigenvalue weighted by Gasteiger charge is -2.12. The van der Waals surface area contributed by atoms with E-state index in [0.717, 1.165) is 5.56 Å². The summed E-state index contributed by atoms with van der Waals surface area (Å²) < 4.78 is 5.17. The highest BCUT2D eigenvalue weighted by Crippen LogP contribution is 2.27. The highest BCUT2D eigenvalue weighted by molar-refractivity contribution is 6.55. The van der Waals surface area contributed by atoms with Crippen molar-refractivity contribution in [3.8, 4) is 5.75 Å². The van der Waals surface area contributed by atoms with Gasteiger partial charge in [-0.1, -0.05) is 43.1 Å². The molecular weight excluding hydrogens is 247 g/mol. The quantitative estimate of drug-likeness (QED) is 0.608. The minimum absolute atomic E-state index is 0.338. The molecule has 16 heavy (non-hydrogen) atoms. The lowest BCUT2D eigenvalue weighted by atomic mass is 10.00. The molecule has 0 atom stereocenters. The van der Waals surface area contributed by atoms with E-state index in [9.17, 15) is 4.79 Å². The van der Waals surface area contributed by atoms with E-state index in [-0.39, 0.29) is 5.78 Å². The molecule has 0 aromatic heterocycles. The zero-order valence-corrected chi connectivity index (χ0v) is 11.0. The van der Waals surface area contributed by atoms with Gasteiger partial charge in [0.25, 0.3) is 0 Å². The molecular formula is C12H14Cl2O2. The van der Waals surface area contributed by atoms with Gasteiger partial charge in [0, 0.05) is 0 Å². The Balaban J connectivity index is 3.17. The van der Waals surface area contributed by atoms with Crippen molar-refractivity contribution in [3.05, 3.63) is 29.3 Å². The number of carbonyl (C=O) groups is 1. The summed E-state index contributed by atoms with van der Waals surface area (Å²) in [5.41, 5.74) is 1.52. The summed E-state index contributed by atoms with van der Waals surface area (Å²) >= 11 is 11.1. The molecule has 88 valence electrons. The van der Waals surface area contributed by atoms with E-state index >= 15 is 0 Å². The van der Waals surface area contributed by atoms with Gasteiger partial charge >= 0.3 is 0 Å². The number of hydrogen-bond donors (Lipinski definition) is 0. The molecule has 2 nitrogen and oxygen atoms in total. The fourth-order valence-electron chi connectivity index (χ4n) is 1.39. The summed E-state index contributed by atoms with van der Waals surface area (Å²) in [7, 11) is 1.52. The van der Waals surface area contributed by atoms with Crippen LogP contribution in [0.5, 0.6) is 5.75 Å². The van der Waals surface area contributed by atoms with Crippen molar-refractivity contribution in [2.24, 2.45) is 0 Å². The Morgan fingerprint density at radius 1 is 1.31 bits per heavy atom. The summed E-state index contributed by atoms with van der Waals surface area (Å²) in [4.78, 5) is 10.6. The topological polar surface area (TPSA) is 26.3 Å². The van der Waals surface area contributed by atoms with Gasteiger partial charge in [-0.2, -0.15) is 0 Å². The minimum Gasteiger partial charge on any atom is -0.496 e. The maximum Gasteiger partial charge on any atom is 0.199 e. The fraction of sp³-hybridized carbons (Fsp3) is 0.417. The zero-order valence-electron chi connectivity index (χ0n) is 9.46.